The molecule has 0 heterocycles. The van der Waals surface area contributed by atoms with Crippen LogP contribution in [0.2, 0.25) is 0 Å². The molecule has 0 unspecified atom stereocenters. The molecule has 1 fully saturated rings. The Morgan fingerprint density at radius 3 is 2.29 bits per heavy atom. The van der Waals surface area contributed by atoms with Gasteiger partial charge >= 0.3 is 5.97 Å². The van der Waals surface area contributed by atoms with Gasteiger partial charge in [0.25, 0.3) is 0 Å². The molecule has 1 aliphatic carbocycles. The van der Waals surface area contributed by atoms with Crippen molar-refractivity contribution in [3.63, 3.8) is 0 Å². The maximum absolute atomic E-state index is 11.8. The van der Waals surface area contributed by atoms with E-state index in [2.05, 4.69) is 6.92 Å². The molecule has 0 spiro atoms. The van der Waals surface area contributed by atoms with Crippen LogP contribution in [0.5, 0.6) is 0 Å². The first-order valence-corrected chi connectivity index (χ1v) is 8.85. The highest BCUT2D eigenvalue weighted by Gasteiger charge is 2.33. The van der Waals surface area contributed by atoms with Crippen molar-refractivity contribution >= 4 is 11.8 Å². The third kappa shape index (κ3) is 7.63. The predicted octanol–water partition coefficient (Wildman–Crippen LogP) is 4.82. The summed E-state index contributed by atoms with van der Waals surface area (Å²) in [5.74, 6) is 0.0125. The Kier molecular flexibility index (Phi) is 9.36. The van der Waals surface area contributed by atoms with Crippen LogP contribution in [0.3, 0.4) is 0 Å². The van der Waals surface area contributed by atoms with E-state index in [-0.39, 0.29) is 18.0 Å². The molecule has 21 heavy (non-hydrogen) atoms. The molecule has 1 rings (SSSR count). The van der Waals surface area contributed by atoms with E-state index in [4.69, 9.17) is 4.74 Å². The lowest BCUT2D eigenvalue weighted by atomic mass is 9.94. The fraction of sp³-hybridized carbons (Fsp3) is 0.889. The third-order valence-electron chi connectivity index (χ3n) is 4.46. The molecule has 0 N–H and O–H groups in total. The molecule has 0 aromatic carbocycles. The highest BCUT2D eigenvalue weighted by Crippen LogP contribution is 2.29. The SMILES string of the molecule is CCCCCCCCCC[C@H](OC(C)=O)[C@H]1CCCC1=O. The van der Waals surface area contributed by atoms with Gasteiger partial charge in [-0.3, -0.25) is 9.59 Å². The van der Waals surface area contributed by atoms with Crippen LogP contribution in [0.25, 0.3) is 0 Å². The Balaban J connectivity index is 2.18. The average molecular weight is 296 g/mol. The van der Waals surface area contributed by atoms with E-state index in [9.17, 15) is 9.59 Å². The summed E-state index contributed by atoms with van der Waals surface area (Å²) in [6.45, 7) is 3.68. The van der Waals surface area contributed by atoms with Crippen molar-refractivity contribution in [2.45, 2.75) is 97.0 Å². The minimum absolute atomic E-state index is 0.0292. The van der Waals surface area contributed by atoms with E-state index >= 15 is 0 Å². The molecule has 3 nitrogen and oxygen atoms in total. The van der Waals surface area contributed by atoms with E-state index in [0.717, 1.165) is 25.7 Å². The van der Waals surface area contributed by atoms with Gasteiger partial charge in [0.05, 0.1) is 5.92 Å². The van der Waals surface area contributed by atoms with Crippen molar-refractivity contribution < 1.29 is 14.3 Å². The van der Waals surface area contributed by atoms with Crippen LogP contribution in [0, 0.1) is 5.92 Å². The van der Waals surface area contributed by atoms with Gasteiger partial charge in [0, 0.05) is 13.3 Å². The monoisotopic (exact) mass is 296 g/mol. The van der Waals surface area contributed by atoms with Gasteiger partial charge in [0.1, 0.15) is 11.9 Å². The Bertz CT molecular complexity index is 312. The smallest absolute Gasteiger partial charge is 0.302 e. The highest BCUT2D eigenvalue weighted by atomic mass is 16.5. The first kappa shape index (κ1) is 18.2. The summed E-state index contributed by atoms with van der Waals surface area (Å²) in [6, 6.07) is 0. The number of carbonyl (C=O) groups excluding carboxylic acids is 2. The van der Waals surface area contributed by atoms with Gasteiger partial charge < -0.3 is 4.74 Å². The minimum atomic E-state index is -0.251. The molecule has 0 aromatic rings. The number of hydrogen-bond donors (Lipinski definition) is 0. The Hall–Kier alpha value is -0.860. The van der Waals surface area contributed by atoms with Crippen LogP contribution in [0.1, 0.15) is 90.9 Å². The quantitative estimate of drug-likeness (QED) is 0.405. The van der Waals surface area contributed by atoms with Crippen LogP contribution < -0.4 is 0 Å². The molecule has 3 heteroatoms. The van der Waals surface area contributed by atoms with Gasteiger partial charge in [-0.05, 0) is 25.7 Å². The lowest BCUT2D eigenvalue weighted by molar-refractivity contribution is -0.151. The van der Waals surface area contributed by atoms with Gasteiger partial charge in [-0.25, -0.2) is 0 Å². The molecule has 1 aliphatic rings. The number of ketones is 1. The minimum Gasteiger partial charge on any atom is -0.462 e. The maximum Gasteiger partial charge on any atom is 0.302 e. The molecule has 0 aromatic heterocycles. The lowest BCUT2D eigenvalue weighted by Gasteiger charge is -2.22. The van der Waals surface area contributed by atoms with E-state index in [0.29, 0.717) is 12.2 Å². The normalized spacial score (nSPS) is 19.7. The second kappa shape index (κ2) is 10.8. The molecular formula is C18H32O3. The molecule has 122 valence electrons. The summed E-state index contributed by atoms with van der Waals surface area (Å²) in [5, 5.41) is 0. The van der Waals surface area contributed by atoms with Crippen molar-refractivity contribution in [1.29, 1.82) is 0 Å². The maximum atomic E-state index is 11.8. The number of esters is 1. The zero-order valence-electron chi connectivity index (χ0n) is 13.9. The summed E-state index contributed by atoms with van der Waals surface area (Å²) in [4.78, 5) is 23.1. The fourth-order valence-electron chi connectivity index (χ4n) is 3.27. The largest absolute Gasteiger partial charge is 0.462 e. The van der Waals surface area contributed by atoms with Crippen LogP contribution in [0.4, 0.5) is 0 Å². The average Bonchev–Trinajstić information content (AvgIpc) is 2.86. The standard InChI is InChI=1S/C18H32O3/c1-3-4-5-6-7-8-9-10-14-18(21-15(2)19)16-12-11-13-17(16)20/h16,18H,3-14H2,1-2H3/t16-,18-/m0/s1. The van der Waals surface area contributed by atoms with Crippen molar-refractivity contribution in [3.8, 4) is 0 Å². The number of unbranched alkanes of at least 4 members (excludes halogenated alkanes) is 7. The second-order valence-electron chi connectivity index (χ2n) is 6.38. The summed E-state index contributed by atoms with van der Waals surface area (Å²) in [6.07, 6.45) is 13.3. The first-order chi connectivity index (χ1) is 10.1. The number of Topliss-reactive ketones (excluding diaryl/α,β-unsaturated/α-hetero) is 1. The summed E-state index contributed by atoms with van der Waals surface area (Å²) in [7, 11) is 0. The van der Waals surface area contributed by atoms with Gasteiger partial charge in [0.2, 0.25) is 0 Å². The first-order valence-electron chi connectivity index (χ1n) is 8.85. The number of hydrogen-bond acceptors (Lipinski definition) is 3. The third-order valence-corrected chi connectivity index (χ3v) is 4.46. The Morgan fingerprint density at radius 1 is 1.14 bits per heavy atom. The van der Waals surface area contributed by atoms with Gasteiger partial charge in [-0.15, -0.1) is 0 Å². The molecule has 0 saturated heterocycles. The van der Waals surface area contributed by atoms with Crippen molar-refractivity contribution in [2.24, 2.45) is 5.92 Å². The molecular weight excluding hydrogens is 264 g/mol. The van der Waals surface area contributed by atoms with Crippen LogP contribution >= 0.6 is 0 Å². The zero-order valence-corrected chi connectivity index (χ0v) is 13.9. The number of carbonyl (C=O) groups is 2. The number of ether oxygens (including phenoxy) is 1. The molecule has 1 saturated carbocycles. The molecule has 0 bridgehead atoms. The summed E-state index contributed by atoms with van der Waals surface area (Å²) in [5.41, 5.74) is 0. The Morgan fingerprint density at radius 2 is 1.76 bits per heavy atom. The van der Waals surface area contributed by atoms with Crippen molar-refractivity contribution in [1.82, 2.24) is 0 Å². The van der Waals surface area contributed by atoms with Crippen LogP contribution in [-0.4, -0.2) is 17.9 Å². The number of rotatable bonds is 11. The molecule has 0 radical (unpaired) electrons. The van der Waals surface area contributed by atoms with Crippen LogP contribution in [0.15, 0.2) is 0 Å². The van der Waals surface area contributed by atoms with Crippen molar-refractivity contribution in [2.75, 3.05) is 0 Å². The predicted molar refractivity (Wildman–Crippen MR) is 85.1 cm³/mol. The summed E-state index contributed by atoms with van der Waals surface area (Å²) >= 11 is 0. The van der Waals surface area contributed by atoms with Crippen LogP contribution in [-0.2, 0) is 14.3 Å². The van der Waals surface area contributed by atoms with E-state index in [1.54, 1.807) is 0 Å². The van der Waals surface area contributed by atoms with Gasteiger partial charge in [-0.2, -0.15) is 0 Å². The van der Waals surface area contributed by atoms with E-state index < -0.39 is 0 Å². The van der Waals surface area contributed by atoms with E-state index in [1.807, 2.05) is 0 Å². The Labute approximate surface area is 129 Å². The van der Waals surface area contributed by atoms with Gasteiger partial charge in [-0.1, -0.05) is 51.9 Å². The highest BCUT2D eigenvalue weighted by molar-refractivity contribution is 5.83. The lowest BCUT2D eigenvalue weighted by Crippen LogP contribution is -2.29. The van der Waals surface area contributed by atoms with Crippen molar-refractivity contribution in [3.05, 3.63) is 0 Å². The summed E-state index contributed by atoms with van der Waals surface area (Å²) < 4.78 is 5.40. The van der Waals surface area contributed by atoms with Gasteiger partial charge in [0.15, 0.2) is 0 Å². The zero-order chi connectivity index (χ0) is 15.5. The molecule has 0 aliphatic heterocycles. The molecule has 2 atom stereocenters. The topological polar surface area (TPSA) is 43.4 Å². The fourth-order valence-corrected chi connectivity index (χ4v) is 3.27. The van der Waals surface area contributed by atoms with E-state index in [1.165, 1.54) is 51.9 Å². The second-order valence-corrected chi connectivity index (χ2v) is 6.38. The molecule has 0 amide bonds.